The first kappa shape index (κ1) is 24.5. The molecule has 1 aromatic rings. The van der Waals surface area contributed by atoms with Crippen molar-refractivity contribution in [2.45, 2.75) is 63.3 Å². The maximum absolute atomic E-state index is 11.8. The van der Waals surface area contributed by atoms with Crippen LogP contribution in [0.1, 0.15) is 44.9 Å². The van der Waals surface area contributed by atoms with Crippen molar-refractivity contribution in [1.82, 2.24) is 5.32 Å². The minimum atomic E-state index is -0.789. The van der Waals surface area contributed by atoms with Crippen LogP contribution in [0.4, 0.5) is 0 Å². The van der Waals surface area contributed by atoms with Gasteiger partial charge in [-0.15, -0.1) is 0 Å². The van der Waals surface area contributed by atoms with Crippen LogP contribution in [-0.4, -0.2) is 52.7 Å². The van der Waals surface area contributed by atoms with E-state index in [1.165, 1.54) is 12.8 Å². The van der Waals surface area contributed by atoms with E-state index in [2.05, 4.69) is 11.4 Å². The Morgan fingerprint density at radius 1 is 1.16 bits per heavy atom. The molecule has 2 saturated carbocycles. The molecule has 2 aliphatic rings. The summed E-state index contributed by atoms with van der Waals surface area (Å²) in [6, 6.07) is 9.30. The van der Waals surface area contributed by atoms with E-state index in [-0.39, 0.29) is 24.3 Å². The summed E-state index contributed by atoms with van der Waals surface area (Å²) in [6.07, 6.45) is 11.2. The molecule has 0 bridgehead atoms. The van der Waals surface area contributed by atoms with Gasteiger partial charge in [0.05, 0.1) is 12.2 Å². The van der Waals surface area contributed by atoms with Crippen LogP contribution in [-0.2, 0) is 4.79 Å². The third-order valence-corrected chi connectivity index (χ3v) is 6.27. The van der Waals surface area contributed by atoms with Gasteiger partial charge >= 0.3 is 0 Å². The molecule has 6 nitrogen and oxygen atoms in total. The van der Waals surface area contributed by atoms with Crippen molar-refractivity contribution in [1.29, 1.82) is 0 Å². The number of nitrogens with one attached hydrogen (secondary N) is 1. The number of aliphatic hydroxyl groups is 3. The van der Waals surface area contributed by atoms with E-state index in [9.17, 15) is 20.1 Å². The minimum absolute atomic E-state index is 0.0958. The summed E-state index contributed by atoms with van der Waals surface area (Å²) in [5.74, 6) is 1.21. The van der Waals surface area contributed by atoms with Gasteiger partial charge in [-0.2, -0.15) is 0 Å². The van der Waals surface area contributed by atoms with E-state index in [4.69, 9.17) is 4.74 Å². The van der Waals surface area contributed by atoms with Crippen LogP contribution in [0.2, 0.25) is 0 Å². The number of carbonyl (C=O) groups excluding carboxylic acids is 1. The monoisotopic (exact) mass is 443 g/mol. The number of ether oxygens (including phenoxy) is 1. The van der Waals surface area contributed by atoms with Crippen LogP contribution >= 0.6 is 0 Å². The summed E-state index contributed by atoms with van der Waals surface area (Å²) < 4.78 is 5.55. The predicted molar refractivity (Wildman–Crippen MR) is 124 cm³/mol. The van der Waals surface area contributed by atoms with Crippen molar-refractivity contribution in [2.75, 3.05) is 13.2 Å². The van der Waals surface area contributed by atoms with Gasteiger partial charge in [-0.1, -0.05) is 42.5 Å². The number of carbonyl (C=O) groups is 1. The van der Waals surface area contributed by atoms with Crippen molar-refractivity contribution in [3.63, 3.8) is 0 Å². The van der Waals surface area contributed by atoms with Gasteiger partial charge in [0.1, 0.15) is 18.5 Å². The molecular formula is C26H37NO5. The van der Waals surface area contributed by atoms with E-state index in [0.717, 1.165) is 19.4 Å². The third-order valence-electron chi connectivity index (χ3n) is 6.27. The summed E-state index contributed by atoms with van der Waals surface area (Å²) in [7, 11) is 0. The standard InChI is InChI=1S/C26H37NO5/c28-20(18-32-21-8-4-3-5-9-21)14-15-23-22(24(29)16-25(23)30)10-6-1-2-7-11-26(31)27-17-19-12-13-19/h1,3-6,8-9,14-15,19-20,22-25,28-30H,2,7,10-13,16-18H2,(H,27,31)/b6-1-,15-14+/t20-,22+,23-,24-,25+/m1/s1. The maximum Gasteiger partial charge on any atom is 0.220 e. The van der Waals surface area contributed by atoms with E-state index in [0.29, 0.717) is 30.9 Å². The Balaban J connectivity index is 1.37. The number of benzene rings is 1. The lowest BCUT2D eigenvalue weighted by Crippen LogP contribution is -2.24. The molecule has 0 radical (unpaired) electrons. The van der Waals surface area contributed by atoms with Crippen molar-refractivity contribution in [3.05, 3.63) is 54.6 Å². The van der Waals surface area contributed by atoms with Gasteiger partial charge < -0.3 is 25.4 Å². The second kappa shape index (κ2) is 12.8. The number of unbranched alkanes of at least 4 members (excludes halogenated alkanes) is 1. The number of amides is 1. The fourth-order valence-electron chi connectivity index (χ4n) is 4.14. The van der Waals surface area contributed by atoms with E-state index >= 15 is 0 Å². The van der Waals surface area contributed by atoms with Crippen LogP contribution in [0.25, 0.3) is 0 Å². The Bertz CT molecular complexity index is 746. The van der Waals surface area contributed by atoms with E-state index in [1.54, 1.807) is 6.08 Å². The highest BCUT2D eigenvalue weighted by Gasteiger charge is 2.39. The molecule has 6 heteroatoms. The van der Waals surface area contributed by atoms with Crippen LogP contribution in [0.15, 0.2) is 54.6 Å². The SMILES string of the molecule is O=C(CCC/C=C\C[C@H]1[C@@H](/C=C/[C@@H](O)COc2ccccc2)[C@@H](O)C[C@H]1O)NCC1CC1. The molecule has 0 aliphatic heterocycles. The first-order valence-corrected chi connectivity index (χ1v) is 11.8. The largest absolute Gasteiger partial charge is 0.491 e. The Kier molecular flexibility index (Phi) is 9.78. The molecule has 0 spiro atoms. The summed E-state index contributed by atoms with van der Waals surface area (Å²) >= 11 is 0. The number of hydrogen-bond acceptors (Lipinski definition) is 5. The van der Waals surface area contributed by atoms with Gasteiger partial charge in [-0.05, 0) is 56.1 Å². The van der Waals surface area contributed by atoms with Crippen molar-refractivity contribution in [2.24, 2.45) is 17.8 Å². The van der Waals surface area contributed by atoms with Gasteiger partial charge in [0.15, 0.2) is 0 Å². The zero-order valence-electron chi connectivity index (χ0n) is 18.7. The highest BCUT2D eigenvalue weighted by atomic mass is 16.5. The Morgan fingerprint density at radius 2 is 1.94 bits per heavy atom. The molecule has 176 valence electrons. The molecule has 32 heavy (non-hydrogen) atoms. The van der Waals surface area contributed by atoms with Crippen molar-refractivity contribution >= 4 is 5.91 Å². The number of aliphatic hydroxyl groups excluding tert-OH is 3. The van der Waals surface area contributed by atoms with Crippen molar-refractivity contribution < 1.29 is 24.9 Å². The average Bonchev–Trinajstić information content (AvgIpc) is 3.58. The molecule has 0 saturated heterocycles. The summed E-state index contributed by atoms with van der Waals surface area (Å²) in [5, 5.41) is 33.9. The van der Waals surface area contributed by atoms with Gasteiger partial charge in [0.25, 0.3) is 0 Å². The zero-order chi connectivity index (χ0) is 22.8. The molecule has 0 aromatic heterocycles. The molecule has 3 rings (SSSR count). The molecule has 2 aliphatic carbocycles. The molecule has 1 aromatic carbocycles. The predicted octanol–water partition coefficient (Wildman–Crippen LogP) is 2.98. The number of rotatable bonds is 13. The highest BCUT2D eigenvalue weighted by Crippen LogP contribution is 2.36. The van der Waals surface area contributed by atoms with Crippen LogP contribution < -0.4 is 10.1 Å². The molecule has 0 unspecified atom stereocenters. The quantitative estimate of drug-likeness (QED) is 0.278. The smallest absolute Gasteiger partial charge is 0.220 e. The number of para-hydroxylation sites is 1. The fourth-order valence-corrected chi connectivity index (χ4v) is 4.14. The summed E-state index contributed by atoms with van der Waals surface area (Å²) in [4.78, 5) is 11.8. The molecular weight excluding hydrogens is 406 g/mol. The van der Waals surface area contributed by atoms with E-state index < -0.39 is 18.3 Å². The molecule has 1 amide bonds. The Hall–Kier alpha value is -2.15. The average molecular weight is 444 g/mol. The van der Waals surface area contributed by atoms with Crippen LogP contribution in [0.3, 0.4) is 0 Å². The zero-order valence-corrected chi connectivity index (χ0v) is 18.7. The maximum atomic E-state index is 11.8. The minimum Gasteiger partial charge on any atom is -0.491 e. The molecule has 0 heterocycles. The van der Waals surface area contributed by atoms with Crippen LogP contribution in [0.5, 0.6) is 5.75 Å². The topological polar surface area (TPSA) is 99.0 Å². The van der Waals surface area contributed by atoms with Crippen LogP contribution in [0, 0.1) is 17.8 Å². The second-order valence-electron chi connectivity index (χ2n) is 9.03. The fraction of sp³-hybridized carbons (Fsp3) is 0.577. The lowest BCUT2D eigenvalue weighted by atomic mass is 9.89. The van der Waals surface area contributed by atoms with Gasteiger partial charge in [-0.25, -0.2) is 0 Å². The molecule has 4 N–H and O–H groups in total. The van der Waals surface area contributed by atoms with E-state index in [1.807, 2.05) is 42.5 Å². The second-order valence-corrected chi connectivity index (χ2v) is 9.03. The van der Waals surface area contributed by atoms with Crippen molar-refractivity contribution in [3.8, 4) is 5.75 Å². The number of hydrogen-bond donors (Lipinski definition) is 4. The van der Waals surface area contributed by atoms with Gasteiger partial charge in [0, 0.05) is 25.3 Å². The lowest BCUT2D eigenvalue weighted by molar-refractivity contribution is -0.121. The Labute approximate surface area is 191 Å². The molecule has 5 atom stereocenters. The first-order valence-electron chi connectivity index (χ1n) is 11.8. The third kappa shape index (κ3) is 8.41. The summed E-state index contributed by atoms with van der Waals surface area (Å²) in [5.41, 5.74) is 0. The first-order chi connectivity index (χ1) is 15.5. The van der Waals surface area contributed by atoms with Gasteiger partial charge in [0.2, 0.25) is 5.91 Å². The normalized spacial score (nSPS) is 26.6. The molecule has 2 fully saturated rings. The number of allylic oxidation sites excluding steroid dienone is 2. The Morgan fingerprint density at radius 3 is 2.69 bits per heavy atom. The lowest BCUT2D eigenvalue weighted by Gasteiger charge is -2.19. The summed E-state index contributed by atoms with van der Waals surface area (Å²) in [6.45, 7) is 0.948. The highest BCUT2D eigenvalue weighted by molar-refractivity contribution is 5.75. The van der Waals surface area contributed by atoms with Gasteiger partial charge in [-0.3, -0.25) is 4.79 Å².